The fourth-order valence-corrected chi connectivity index (χ4v) is 3.00. The minimum Gasteiger partial charge on any atom is -0.369 e. The van der Waals surface area contributed by atoms with Crippen molar-refractivity contribution in [3.8, 4) is 0 Å². The lowest BCUT2D eigenvalue weighted by molar-refractivity contribution is 0.280. The number of rotatable bonds is 3. The third kappa shape index (κ3) is 1.75. The maximum atomic E-state index is 4.72. The average Bonchev–Trinajstić information content (AvgIpc) is 2.97. The van der Waals surface area contributed by atoms with E-state index < -0.39 is 0 Å². The normalized spacial score (nSPS) is 20.6. The van der Waals surface area contributed by atoms with Gasteiger partial charge in [-0.3, -0.25) is 0 Å². The van der Waals surface area contributed by atoms with E-state index in [4.69, 9.17) is 5.10 Å². The number of likely N-dealkylation sites (tertiary alicyclic amines) is 1. The molecule has 2 aliphatic heterocycles. The van der Waals surface area contributed by atoms with Crippen LogP contribution in [-0.2, 0) is 6.42 Å². The van der Waals surface area contributed by atoms with Gasteiger partial charge in [0, 0.05) is 19.5 Å². The zero-order valence-corrected chi connectivity index (χ0v) is 11.5. The Bertz CT molecular complexity index is 640. The van der Waals surface area contributed by atoms with Crippen LogP contribution >= 0.6 is 0 Å². The maximum absolute atomic E-state index is 4.72. The Morgan fingerprint density at radius 2 is 2.00 bits per heavy atom. The number of benzene rings is 1. The molecular weight excluding hydrogens is 248 g/mol. The maximum Gasteiger partial charge on any atom is 0.197 e. The Kier molecular flexibility index (Phi) is 2.62. The molecule has 1 unspecified atom stereocenters. The second-order valence-electron chi connectivity index (χ2n) is 5.55. The molecule has 0 spiro atoms. The Morgan fingerprint density at radius 3 is 2.70 bits per heavy atom. The van der Waals surface area contributed by atoms with Gasteiger partial charge in [-0.05, 0) is 18.4 Å². The molecule has 1 saturated heterocycles. The van der Waals surface area contributed by atoms with Crippen LogP contribution in [0.3, 0.4) is 0 Å². The SMILES string of the molecule is C=C(c1nc2n(n1)C(c1ccccc1)CC2)N1CCC1. The van der Waals surface area contributed by atoms with E-state index >= 15 is 0 Å². The Hall–Kier alpha value is -2.10. The molecule has 1 aromatic carbocycles. The highest BCUT2D eigenvalue weighted by Crippen LogP contribution is 2.31. The summed E-state index contributed by atoms with van der Waals surface area (Å²) in [6.07, 6.45) is 3.34. The fraction of sp³-hybridized carbons (Fsp3) is 0.375. The zero-order valence-electron chi connectivity index (χ0n) is 11.5. The van der Waals surface area contributed by atoms with Crippen LogP contribution in [0.5, 0.6) is 0 Å². The summed E-state index contributed by atoms with van der Waals surface area (Å²) in [6, 6.07) is 10.9. The highest BCUT2D eigenvalue weighted by Gasteiger charge is 2.28. The van der Waals surface area contributed by atoms with E-state index in [2.05, 4.69) is 51.5 Å². The van der Waals surface area contributed by atoms with Crippen LogP contribution in [0.15, 0.2) is 36.9 Å². The second-order valence-corrected chi connectivity index (χ2v) is 5.55. The lowest BCUT2D eigenvalue weighted by Crippen LogP contribution is -2.35. The van der Waals surface area contributed by atoms with E-state index in [-0.39, 0.29) is 0 Å². The molecule has 4 rings (SSSR count). The van der Waals surface area contributed by atoms with Crippen LogP contribution in [0.2, 0.25) is 0 Å². The number of aryl methyl sites for hydroxylation is 1. The zero-order chi connectivity index (χ0) is 13.5. The third-order valence-corrected chi connectivity index (χ3v) is 4.32. The van der Waals surface area contributed by atoms with Gasteiger partial charge >= 0.3 is 0 Å². The minimum absolute atomic E-state index is 0.330. The largest absolute Gasteiger partial charge is 0.369 e. The van der Waals surface area contributed by atoms with E-state index in [1.807, 2.05) is 0 Å². The Balaban J connectivity index is 1.65. The summed E-state index contributed by atoms with van der Waals surface area (Å²) in [5.41, 5.74) is 2.29. The molecule has 0 amide bonds. The van der Waals surface area contributed by atoms with Gasteiger partial charge in [0.25, 0.3) is 0 Å². The summed E-state index contributed by atoms with van der Waals surface area (Å²) in [7, 11) is 0. The summed E-state index contributed by atoms with van der Waals surface area (Å²) >= 11 is 0. The molecule has 2 aromatic rings. The van der Waals surface area contributed by atoms with Crippen LogP contribution in [-0.4, -0.2) is 32.8 Å². The van der Waals surface area contributed by atoms with Crippen LogP contribution in [0.1, 0.15) is 36.1 Å². The van der Waals surface area contributed by atoms with Gasteiger partial charge in [-0.25, -0.2) is 9.67 Å². The summed E-state index contributed by atoms with van der Waals surface area (Å²) in [5.74, 6) is 1.90. The van der Waals surface area contributed by atoms with Crippen molar-refractivity contribution >= 4 is 5.70 Å². The van der Waals surface area contributed by atoms with E-state index in [9.17, 15) is 0 Å². The van der Waals surface area contributed by atoms with E-state index in [1.54, 1.807) is 0 Å². The van der Waals surface area contributed by atoms with Crippen LogP contribution in [0.25, 0.3) is 5.70 Å². The molecule has 1 atom stereocenters. The summed E-state index contributed by atoms with van der Waals surface area (Å²) in [5, 5.41) is 4.72. The molecule has 2 aliphatic rings. The van der Waals surface area contributed by atoms with E-state index in [1.165, 1.54) is 12.0 Å². The molecule has 0 saturated carbocycles. The molecule has 3 heterocycles. The number of aromatic nitrogens is 3. The fourth-order valence-electron chi connectivity index (χ4n) is 3.00. The van der Waals surface area contributed by atoms with Gasteiger partial charge in [0.2, 0.25) is 0 Å². The highest BCUT2D eigenvalue weighted by molar-refractivity contribution is 5.55. The molecular formula is C16H18N4. The van der Waals surface area contributed by atoms with Gasteiger partial charge in [0.1, 0.15) is 5.82 Å². The van der Waals surface area contributed by atoms with Crippen molar-refractivity contribution in [1.82, 2.24) is 19.7 Å². The smallest absolute Gasteiger partial charge is 0.197 e. The van der Waals surface area contributed by atoms with Crippen molar-refractivity contribution in [2.24, 2.45) is 0 Å². The molecule has 0 N–H and O–H groups in total. The van der Waals surface area contributed by atoms with Gasteiger partial charge in [-0.2, -0.15) is 0 Å². The predicted molar refractivity (Wildman–Crippen MR) is 78.1 cm³/mol. The van der Waals surface area contributed by atoms with Crippen LogP contribution in [0, 0.1) is 0 Å². The number of hydrogen-bond acceptors (Lipinski definition) is 3. The lowest BCUT2D eigenvalue weighted by Gasteiger charge is -2.33. The van der Waals surface area contributed by atoms with Crippen molar-refractivity contribution in [3.63, 3.8) is 0 Å². The summed E-state index contributed by atoms with van der Waals surface area (Å²) in [4.78, 5) is 6.93. The highest BCUT2D eigenvalue weighted by atomic mass is 15.4. The first-order valence-electron chi connectivity index (χ1n) is 7.27. The molecule has 1 aromatic heterocycles. The summed E-state index contributed by atoms with van der Waals surface area (Å²) < 4.78 is 2.09. The van der Waals surface area contributed by atoms with Crippen LogP contribution < -0.4 is 0 Å². The lowest BCUT2D eigenvalue weighted by atomic mass is 10.1. The molecule has 0 bridgehead atoms. The van der Waals surface area contributed by atoms with Gasteiger partial charge in [0.15, 0.2) is 5.82 Å². The van der Waals surface area contributed by atoms with Crippen molar-refractivity contribution < 1.29 is 0 Å². The topological polar surface area (TPSA) is 34.0 Å². The molecule has 4 nitrogen and oxygen atoms in total. The van der Waals surface area contributed by atoms with Gasteiger partial charge in [0.05, 0.1) is 11.7 Å². The first-order valence-corrected chi connectivity index (χ1v) is 7.27. The van der Waals surface area contributed by atoms with Crippen molar-refractivity contribution in [3.05, 3.63) is 54.1 Å². The molecule has 0 aliphatic carbocycles. The number of fused-ring (bicyclic) bond motifs is 1. The van der Waals surface area contributed by atoms with Crippen molar-refractivity contribution in [1.29, 1.82) is 0 Å². The second kappa shape index (κ2) is 4.47. The van der Waals surface area contributed by atoms with Crippen molar-refractivity contribution in [2.75, 3.05) is 13.1 Å². The number of nitrogens with zero attached hydrogens (tertiary/aromatic N) is 4. The molecule has 4 heteroatoms. The van der Waals surface area contributed by atoms with Gasteiger partial charge in [-0.15, -0.1) is 5.10 Å². The van der Waals surface area contributed by atoms with Crippen LogP contribution in [0.4, 0.5) is 0 Å². The Labute approximate surface area is 118 Å². The summed E-state index contributed by atoms with van der Waals surface area (Å²) in [6.45, 7) is 6.32. The van der Waals surface area contributed by atoms with E-state index in [0.29, 0.717) is 6.04 Å². The van der Waals surface area contributed by atoms with Crippen molar-refractivity contribution in [2.45, 2.75) is 25.3 Å². The standard InChI is InChI=1S/C16H18N4/c1-12(19-10-5-11-19)16-17-15-9-8-14(20(15)18-16)13-6-3-2-4-7-13/h2-4,6-7,14H,1,5,8-11H2. The third-order valence-electron chi connectivity index (χ3n) is 4.32. The van der Waals surface area contributed by atoms with Gasteiger partial charge in [-0.1, -0.05) is 36.9 Å². The first-order chi connectivity index (χ1) is 9.83. The van der Waals surface area contributed by atoms with E-state index in [0.717, 1.165) is 43.3 Å². The quantitative estimate of drug-likeness (QED) is 0.856. The molecule has 102 valence electrons. The monoisotopic (exact) mass is 266 g/mol. The van der Waals surface area contributed by atoms with Gasteiger partial charge < -0.3 is 4.90 Å². The molecule has 20 heavy (non-hydrogen) atoms. The molecule has 0 radical (unpaired) electrons. The number of hydrogen-bond donors (Lipinski definition) is 0. The Morgan fingerprint density at radius 1 is 1.20 bits per heavy atom. The predicted octanol–water partition coefficient (Wildman–Crippen LogP) is 2.49. The molecule has 1 fully saturated rings. The average molecular weight is 266 g/mol. The minimum atomic E-state index is 0.330. The first kappa shape index (κ1) is 11.7.